The number of aliphatic hydroxyl groups is 1. The third-order valence-corrected chi connectivity index (χ3v) is 6.29. The SMILES string of the molecule is OC1Oc2ccc3c(c2C2=C1C=C[C@@H]1CCCCC21)CCCC3. The molecule has 2 unspecified atom stereocenters. The van der Waals surface area contributed by atoms with Gasteiger partial charge in [-0.25, -0.2) is 0 Å². The van der Waals surface area contributed by atoms with Crippen molar-refractivity contribution in [3.63, 3.8) is 0 Å². The van der Waals surface area contributed by atoms with Gasteiger partial charge in [-0.05, 0) is 73.1 Å². The van der Waals surface area contributed by atoms with E-state index in [9.17, 15) is 5.11 Å². The molecule has 1 N–H and O–H groups in total. The maximum atomic E-state index is 10.5. The van der Waals surface area contributed by atoms with Crippen molar-refractivity contribution in [2.24, 2.45) is 11.8 Å². The minimum absolute atomic E-state index is 0.578. The molecule has 3 atom stereocenters. The molecular formula is C21H24O2. The predicted octanol–water partition coefficient (Wildman–Crippen LogP) is 4.41. The van der Waals surface area contributed by atoms with Gasteiger partial charge in [-0.2, -0.15) is 0 Å². The van der Waals surface area contributed by atoms with Crippen LogP contribution in [0.5, 0.6) is 5.75 Å². The number of fused-ring (bicyclic) bond motifs is 6. The molecule has 1 saturated carbocycles. The fraction of sp³-hybridized carbons (Fsp3) is 0.524. The summed E-state index contributed by atoms with van der Waals surface area (Å²) in [4.78, 5) is 0. The smallest absolute Gasteiger partial charge is 0.224 e. The predicted molar refractivity (Wildman–Crippen MR) is 91.2 cm³/mol. The number of aryl methyl sites for hydroxylation is 1. The zero-order chi connectivity index (χ0) is 15.4. The fourth-order valence-corrected chi connectivity index (χ4v) is 5.21. The average Bonchev–Trinajstić information content (AvgIpc) is 2.61. The molecule has 5 rings (SSSR count). The van der Waals surface area contributed by atoms with Crippen LogP contribution in [-0.2, 0) is 12.8 Å². The first-order valence-electron chi connectivity index (χ1n) is 9.25. The Labute approximate surface area is 137 Å². The van der Waals surface area contributed by atoms with Crippen LogP contribution < -0.4 is 4.74 Å². The molecule has 2 heteroatoms. The molecular weight excluding hydrogens is 284 g/mol. The van der Waals surface area contributed by atoms with Crippen molar-refractivity contribution in [3.05, 3.63) is 46.5 Å². The molecule has 120 valence electrons. The Bertz CT molecular complexity index is 713. The van der Waals surface area contributed by atoms with Gasteiger partial charge in [0.2, 0.25) is 6.29 Å². The summed E-state index contributed by atoms with van der Waals surface area (Å²) >= 11 is 0. The van der Waals surface area contributed by atoms with Gasteiger partial charge in [0.05, 0.1) is 0 Å². The zero-order valence-electron chi connectivity index (χ0n) is 13.6. The number of ether oxygens (including phenoxy) is 1. The molecule has 0 aromatic heterocycles. The third-order valence-electron chi connectivity index (χ3n) is 6.29. The summed E-state index contributed by atoms with van der Waals surface area (Å²) in [6.07, 6.45) is 13.8. The zero-order valence-corrected chi connectivity index (χ0v) is 13.6. The number of aliphatic hydroxyl groups excluding tert-OH is 1. The van der Waals surface area contributed by atoms with Gasteiger partial charge in [-0.3, -0.25) is 0 Å². The minimum atomic E-state index is -0.793. The van der Waals surface area contributed by atoms with Crippen LogP contribution >= 0.6 is 0 Å². The lowest BCUT2D eigenvalue weighted by Crippen LogP contribution is -2.32. The summed E-state index contributed by atoms with van der Waals surface area (Å²) < 4.78 is 5.89. The quantitative estimate of drug-likeness (QED) is 0.769. The molecule has 2 nitrogen and oxygen atoms in total. The Hall–Kier alpha value is -1.54. The van der Waals surface area contributed by atoms with Crippen LogP contribution in [0.2, 0.25) is 0 Å². The maximum absolute atomic E-state index is 10.5. The molecule has 1 aromatic rings. The molecule has 1 fully saturated rings. The second-order valence-electron chi connectivity index (χ2n) is 7.54. The van der Waals surface area contributed by atoms with Crippen molar-refractivity contribution < 1.29 is 9.84 Å². The van der Waals surface area contributed by atoms with Crippen molar-refractivity contribution in [1.29, 1.82) is 0 Å². The highest BCUT2D eigenvalue weighted by molar-refractivity contribution is 5.82. The average molecular weight is 308 g/mol. The number of rotatable bonds is 0. The first-order chi connectivity index (χ1) is 11.3. The molecule has 1 heterocycles. The molecule has 0 bridgehead atoms. The summed E-state index contributed by atoms with van der Waals surface area (Å²) in [6.45, 7) is 0. The van der Waals surface area contributed by atoms with Crippen molar-refractivity contribution in [1.82, 2.24) is 0 Å². The normalized spacial score (nSPS) is 31.6. The molecule has 3 aliphatic carbocycles. The third kappa shape index (κ3) is 2.04. The molecule has 0 amide bonds. The summed E-state index contributed by atoms with van der Waals surface area (Å²) in [6, 6.07) is 4.32. The summed E-state index contributed by atoms with van der Waals surface area (Å²) in [5.74, 6) is 2.14. The van der Waals surface area contributed by atoms with E-state index in [-0.39, 0.29) is 0 Å². The Balaban J connectivity index is 1.73. The van der Waals surface area contributed by atoms with Crippen LogP contribution in [0.4, 0.5) is 0 Å². The van der Waals surface area contributed by atoms with Crippen molar-refractivity contribution in [2.45, 2.75) is 57.7 Å². The van der Waals surface area contributed by atoms with Gasteiger partial charge < -0.3 is 9.84 Å². The number of benzene rings is 1. The molecule has 0 spiro atoms. The van der Waals surface area contributed by atoms with E-state index in [0.717, 1.165) is 17.7 Å². The summed E-state index contributed by atoms with van der Waals surface area (Å²) in [5, 5.41) is 10.5. The standard InChI is InChI=1S/C21H24O2/c22-21-17-11-9-13-5-1-3-7-15(13)19(17)20-16-8-4-2-6-14(16)10-12-18(20)23-21/h9-13,15,21-22H,1-8H2/t13-,15?,21?/m0/s1. The van der Waals surface area contributed by atoms with Gasteiger partial charge in [0.15, 0.2) is 0 Å². The second kappa shape index (κ2) is 5.24. The van der Waals surface area contributed by atoms with Gasteiger partial charge in [-0.15, -0.1) is 0 Å². The van der Waals surface area contributed by atoms with Crippen molar-refractivity contribution in [2.75, 3.05) is 0 Å². The van der Waals surface area contributed by atoms with Crippen LogP contribution in [0.25, 0.3) is 5.57 Å². The van der Waals surface area contributed by atoms with Crippen molar-refractivity contribution in [3.8, 4) is 5.75 Å². The van der Waals surface area contributed by atoms with Gasteiger partial charge in [0.25, 0.3) is 0 Å². The first kappa shape index (κ1) is 13.9. The summed E-state index contributed by atoms with van der Waals surface area (Å²) in [5.41, 5.74) is 6.81. The highest BCUT2D eigenvalue weighted by Crippen LogP contribution is 2.51. The highest BCUT2D eigenvalue weighted by Gasteiger charge is 2.39. The van der Waals surface area contributed by atoms with E-state index in [1.165, 1.54) is 67.2 Å². The Kier molecular flexibility index (Phi) is 3.16. The monoisotopic (exact) mass is 308 g/mol. The lowest BCUT2D eigenvalue weighted by molar-refractivity contribution is 0.0135. The summed E-state index contributed by atoms with van der Waals surface area (Å²) in [7, 11) is 0. The minimum Gasteiger partial charge on any atom is -0.460 e. The Morgan fingerprint density at radius 1 is 1.00 bits per heavy atom. The Morgan fingerprint density at radius 2 is 1.87 bits per heavy atom. The van der Waals surface area contributed by atoms with E-state index in [1.54, 1.807) is 0 Å². The van der Waals surface area contributed by atoms with E-state index in [4.69, 9.17) is 4.74 Å². The lowest BCUT2D eigenvalue weighted by atomic mass is 9.67. The van der Waals surface area contributed by atoms with Crippen LogP contribution in [0, 0.1) is 11.8 Å². The van der Waals surface area contributed by atoms with Crippen LogP contribution in [0.3, 0.4) is 0 Å². The largest absolute Gasteiger partial charge is 0.460 e. The van der Waals surface area contributed by atoms with E-state index >= 15 is 0 Å². The second-order valence-corrected chi connectivity index (χ2v) is 7.54. The molecule has 23 heavy (non-hydrogen) atoms. The van der Waals surface area contributed by atoms with E-state index in [1.807, 2.05) is 0 Å². The number of hydrogen-bond donors (Lipinski definition) is 1. The van der Waals surface area contributed by atoms with Crippen LogP contribution in [0.1, 0.15) is 55.2 Å². The van der Waals surface area contributed by atoms with Gasteiger partial charge >= 0.3 is 0 Å². The van der Waals surface area contributed by atoms with Crippen molar-refractivity contribution >= 4 is 5.57 Å². The van der Waals surface area contributed by atoms with Gasteiger partial charge in [-0.1, -0.05) is 31.1 Å². The number of hydrogen-bond acceptors (Lipinski definition) is 2. The van der Waals surface area contributed by atoms with Gasteiger partial charge in [0, 0.05) is 11.1 Å². The first-order valence-corrected chi connectivity index (χ1v) is 9.25. The molecule has 0 radical (unpaired) electrons. The van der Waals surface area contributed by atoms with Crippen LogP contribution in [-0.4, -0.2) is 11.4 Å². The Morgan fingerprint density at radius 3 is 2.83 bits per heavy atom. The van der Waals surface area contributed by atoms with E-state index in [0.29, 0.717) is 11.8 Å². The number of allylic oxidation sites excluding steroid dienone is 2. The molecule has 4 aliphatic rings. The lowest BCUT2D eigenvalue weighted by Gasteiger charge is -2.41. The molecule has 1 aliphatic heterocycles. The highest BCUT2D eigenvalue weighted by atomic mass is 16.6. The van der Waals surface area contributed by atoms with E-state index in [2.05, 4.69) is 24.3 Å². The molecule has 0 saturated heterocycles. The van der Waals surface area contributed by atoms with Crippen LogP contribution in [0.15, 0.2) is 29.9 Å². The fourth-order valence-electron chi connectivity index (χ4n) is 5.21. The maximum Gasteiger partial charge on any atom is 0.224 e. The van der Waals surface area contributed by atoms with Gasteiger partial charge in [0.1, 0.15) is 5.75 Å². The molecule has 1 aromatic carbocycles. The topological polar surface area (TPSA) is 29.5 Å². The van der Waals surface area contributed by atoms with E-state index < -0.39 is 6.29 Å².